The Hall–Kier alpha value is -4.06. The van der Waals surface area contributed by atoms with Crippen LogP contribution in [0.4, 0.5) is 0 Å². The van der Waals surface area contributed by atoms with Crippen molar-refractivity contribution in [3.8, 4) is 11.5 Å². The molecule has 0 saturated carbocycles. The van der Waals surface area contributed by atoms with Crippen LogP contribution in [0.1, 0.15) is 49.9 Å². The molecular formula is C36H44N4O2+2. The van der Waals surface area contributed by atoms with E-state index in [1.165, 1.54) is 93.5 Å². The second-order valence-electron chi connectivity index (χ2n) is 11.7. The third-order valence-electron chi connectivity index (χ3n) is 9.33. The van der Waals surface area contributed by atoms with Crippen LogP contribution in [0, 0.1) is 13.8 Å². The quantitative estimate of drug-likeness (QED) is 0.123. The summed E-state index contributed by atoms with van der Waals surface area (Å²) in [6, 6.07) is 17.3. The maximum atomic E-state index is 5.47. The van der Waals surface area contributed by atoms with Crippen molar-refractivity contribution < 1.29 is 18.6 Å². The van der Waals surface area contributed by atoms with Gasteiger partial charge in [0, 0.05) is 86.6 Å². The number of hydrogen-bond acceptors (Lipinski definition) is 2. The molecule has 0 unspecified atom stereocenters. The van der Waals surface area contributed by atoms with Gasteiger partial charge in [-0.2, -0.15) is 0 Å². The summed E-state index contributed by atoms with van der Waals surface area (Å²) in [4.78, 5) is 0. The number of pyridine rings is 2. The van der Waals surface area contributed by atoms with Crippen molar-refractivity contribution in [2.24, 2.45) is 14.1 Å². The van der Waals surface area contributed by atoms with Gasteiger partial charge in [-0.05, 0) is 37.1 Å². The van der Waals surface area contributed by atoms with E-state index in [0.29, 0.717) is 0 Å². The average Bonchev–Trinajstić information content (AvgIpc) is 3.46. The van der Waals surface area contributed by atoms with Crippen molar-refractivity contribution in [2.75, 3.05) is 14.2 Å². The molecular weight excluding hydrogens is 520 g/mol. The van der Waals surface area contributed by atoms with Gasteiger partial charge in [0.1, 0.15) is 35.6 Å². The topological polar surface area (TPSA) is 36.1 Å². The smallest absolute Gasteiger partial charge is 0.202 e. The van der Waals surface area contributed by atoms with Crippen molar-refractivity contribution in [1.82, 2.24) is 9.13 Å². The summed E-state index contributed by atoms with van der Waals surface area (Å²) in [6.45, 7) is 6.64. The number of aryl methyl sites for hydroxylation is 6. The minimum absolute atomic E-state index is 0.903. The van der Waals surface area contributed by atoms with Gasteiger partial charge in [0.15, 0.2) is 12.4 Å². The Morgan fingerprint density at radius 3 is 1.36 bits per heavy atom. The van der Waals surface area contributed by atoms with Gasteiger partial charge in [0.25, 0.3) is 0 Å². The van der Waals surface area contributed by atoms with E-state index in [4.69, 9.17) is 9.47 Å². The van der Waals surface area contributed by atoms with Crippen molar-refractivity contribution in [3.63, 3.8) is 0 Å². The normalized spacial score (nSPS) is 11.9. The third kappa shape index (κ3) is 4.87. The van der Waals surface area contributed by atoms with E-state index >= 15 is 0 Å². The van der Waals surface area contributed by atoms with E-state index in [0.717, 1.165) is 24.6 Å². The molecule has 2 aromatic carbocycles. The predicted molar refractivity (Wildman–Crippen MR) is 172 cm³/mol. The van der Waals surface area contributed by atoms with E-state index in [-0.39, 0.29) is 0 Å². The van der Waals surface area contributed by atoms with Crippen LogP contribution < -0.4 is 18.6 Å². The Morgan fingerprint density at radius 1 is 0.548 bits per heavy atom. The fourth-order valence-corrected chi connectivity index (χ4v) is 6.94. The lowest BCUT2D eigenvalue weighted by molar-refractivity contribution is -0.702. The molecule has 218 valence electrons. The molecule has 6 nitrogen and oxygen atoms in total. The molecule has 0 aliphatic heterocycles. The zero-order valence-electron chi connectivity index (χ0n) is 26.0. The third-order valence-corrected chi connectivity index (χ3v) is 9.33. The lowest BCUT2D eigenvalue weighted by Gasteiger charge is -2.05. The number of ether oxygens (including phenoxy) is 2. The number of benzene rings is 2. The van der Waals surface area contributed by atoms with Gasteiger partial charge in [-0.15, -0.1) is 0 Å². The molecule has 4 heterocycles. The van der Waals surface area contributed by atoms with Crippen LogP contribution in [0.15, 0.2) is 60.9 Å². The van der Waals surface area contributed by atoms with E-state index in [2.05, 4.69) is 107 Å². The second kappa shape index (κ2) is 11.7. The standard InChI is InChI=1S/C36H44N4O2/c1-25-35-31(29-15-13-27(41-5)23-33(29)37(35)3)17-21-39(25)19-11-9-7-8-10-12-20-40-22-18-32-30-16-14-28(42-6)24-34(30)38(4)36(32)26(40)2/h13-18,21-24H,7-12,19-20H2,1-6H3/q+2. The minimum Gasteiger partial charge on any atom is -0.497 e. The van der Waals surface area contributed by atoms with Gasteiger partial charge in [-0.25, -0.2) is 9.13 Å². The van der Waals surface area contributed by atoms with Crippen LogP contribution in [0.2, 0.25) is 0 Å². The SMILES string of the molecule is COc1ccc2c3cc[n+](CCCCCCCC[n+]4ccc5c6ccc(OC)cc6n(C)c5c4C)c(C)c3n(C)c2c1. The first kappa shape index (κ1) is 28.1. The molecule has 0 bridgehead atoms. The number of aromatic nitrogens is 4. The Balaban J connectivity index is 1.01. The molecule has 42 heavy (non-hydrogen) atoms. The monoisotopic (exact) mass is 564 g/mol. The number of methoxy groups -OCH3 is 2. The molecule has 0 aliphatic rings. The summed E-state index contributed by atoms with van der Waals surface area (Å²) in [5.41, 5.74) is 7.73. The van der Waals surface area contributed by atoms with E-state index in [1.54, 1.807) is 14.2 Å². The lowest BCUT2D eigenvalue weighted by Crippen LogP contribution is -2.37. The van der Waals surface area contributed by atoms with Gasteiger partial charge in [0.2, 0.25) is 11.4 Å². The molecule has 0 N–H and O–H groups in total. The number of fused-ring (bicyclic) bond motifs is 6. The van der Waals surface area contributed by atoms with Crippen molar-refractivity contribution in [2.45, 2.75) is 65.5 Å². The Bertz CT molecular complexity index is 1770. The van der Waals surface area contributed by atoms with Crippen LogP contribution in [-0.4, -0.2) is 23.4 Å². The molecule has 0 atom stereocenters. The number of rotatable bonds is 11. The first-order chi connectivity index (χ1) is 20.4. The summed E-state index contributed by atoms with van der Waals surface area (Å²) < 4.78 is 20.4. The molecule has 0 aliphatic carbocycles. The molecule has 6 aromatic rings. The number of nitrogens with zero attached hydrogens (tertiary/aromatic N) is 4. The van der Waals surface area contributed by atoms with Gasteiger partial charge < -0.3 is 18.6 Å². The summed E-state index contributed by atoms with van der Waals surface area (Å²) in [6.07, 6.45) is 12.1. The van der Waals surface area contributed by atoms with Crippen molar-refractivity contribution >= 4 is 43.6 Å². The second-order valence-corrected chi connectivity index (χ2v) is 11.7. The number of unbranched alkanes of at least 4 members (excludes halogenated alkanes) is 5. The van der Waals surface area contributed by atoms with Gasteiger partial charge in [-0.1, -0.05) is 12.8 Å². The van der Waals surface area contributed by atoms with Crippen molar-refractivity contribution in [3.05, 3.63) is 72.3 Å². The van der Waals surface area contributed by atoms with Crippen molar-refractivity contribution in [1.29, 1.82) is 0 Å². The van der Waals surface area contributed by atoms with E-state index in [9.17, 15) is 0 Å². The largest absolute Gasteiger partial charge is 0.497 e. The van der Waals surface area contributed by atoms with Crippen LogP contribution in [0.3, 0.4) is 0 Å². The molecule has 4 aromatic heterocycles. The highest BCUT2D eigenvalue weighted by atomic mass is 16.5. The molecule has 0 spiro atoms. The van der Waals surface area contributed by atoms with Crippen LogP contribution in [-0.2, 0) is 27.2 Å². The molecule has 6 rings (SSSR count). The predicted octanol–water partition coefficient (Wildman–Crippen LogP) is 7.23. The Kier molecular flexibility index (Phi) is 7.80. The maximum Gasteiger partial charge on any atom is 0.202 e. The highest BCUT2D eigenvalue weighted by Gasteiger charge is 2.19. The first-order valence-electron chi connectivity index (χ1n) is 15.3. The molecule has 0 radical (unpaired) electrons. The minimum atomic E-state index is 0.903. The number of hydrogen-bond donors (Lipinski definition) is 0. The average molecular weight is 565 g/mol. The molecule has 0 amide bonds. The first-order valence-corrected chi connectivity index (χ1v) is 15.3. The zero-order valence-corrected chi connectivity index (χ0v) is 26.0. The lowest BCUT2D eigenvalue weighted by atomic mass is 10.1. The van der Waals surface area contributed by atoms with Gasteiger partial charge >= 0.3 is 0 Å². The molecule has 0 fully saturated rings. The summed E-state index contributed by atoms with van der Waals surface area (Å²) in [5, 5.41) is 5.21. The van der Waals surface area contributed by atoms with Gasteiger partial charge in [-0.3, -0.25) is 0 Å². The Labute approximate surface area is 248 Å². The van der Waals surface area contributed by atoms with E-state index in [1.807, 2.05) is 0 Å². The maximum absolute atomic E-state index is 5.47. The van der Waals surface area contributed by atoms with Crippen LogP contribution >= 0.6 is 0 Å². The van der Waals surface area contributed by atoms with Crippen LogP contribution in [0.5, 0.6) is 11.5 Å². The molecule has 0 saturated heterocycles. The Morgan fingerprint density at radius 2 is 0.952 bits per heavy atom. The van der Waals surface area contributed by atoms with E-state index < -0.39 is 0 Å². The molecule has 6 heteroatoms. The van der Waals surface area contributed by atoms with Crippen LogP contribution in [0.25, 0.3) is 43.6 Å². The fraction of sp³-hybridized carbons (Fsp3) is 0.389. The summed E-state index contributed by atoms with van der Waals surface area (Å²) in [7, 11) is 7.79. The highest BCUT2D eigenvalue weighted by Crippen LogP contribution is 2.32. The fourth-order valence-electron chi connectivity index (χ4n) is 6.94. The summed E-state index contributed by atoms with van der Waals surface area (Å²) in [5.74, 6) is 1.81. The highest BCUT2D eigenvalue weighted by molar-refractivity contribution is 6.09. The zero-order chi connectivity index (χ0) is 29.4. The summed E-state index contributed by atoms with van der Waals surface area (Å²) >= 11 is 0. The van der Waals surface area contributed by atoms with Gasteiger partial charge in [0.05, 0.1) is 25.3 Å².